The first-order valence-electron chi connectivity index (χ1n) is 6.34. The summed E-state index contributed by atoms with van der Waals surface area (Å²) in [7, 11) is 3.27. The summed E-state index contributed by atoms with van der Waals surface area (Å²) in [5, 5.41) is 0. The molecule has 0 spiro atoms. The summed E-state index contributed by atoms with van der Waals surface area (Å²) in [6, 6.07) is 11.6. The van der Waals surface area contributed by atoms with Crippen LogP contribution in [0.5, 0.6) is 5.75 Å². The molecule has 110 valence electrons. The maximum atomic E-state index is 13.3. The van der Waals surface area contributed by atoms with Gasteiger partial charge in [0.05, 0.1) is 12.7 Å². The highest BCUT2D eigenvalue weighted by Gasteiger charge is 2.16. The Bertz CT molecular complexity index is 660. The molecule has 0 saturated carbocycles. The van der Waals surface area contributed by atoms with Gasteiger partial charge < -0.3 is 9.64 Å². The number of hydrogen-bond donors (Lipinski definition) is 0. The fraction of sp³-hybridized carbons (Fsp3) is 0.188. The van der Waals surface area contributed by atoms with Crippen molar-refractivity contribution in [3.05, 3.63) is 63.9 Å². The topological polar surface area (TPSA) is 29.5 Å². The molecule has 0 atom stereocenters. The van der Waals surface area contributed by atoms with Gasteiger partial charge >= 0.3 is 0 Å². The molecule has 0 saturated heterocycles. The fourth-order valence-electron chi connectivity index (χ4n) is 1.98. The molecule has 21 heavy (non-hydrogen) atoms. The van der Waals surface area contributed by atoms with Gasteiger partial charge in [0.1, 0.15) is 11.6 Å². The van der Waals surface area contributed by atoms with Crippen LogP contribution in [-0.2, 0) is 6.54 Å². The molecule has 0 N–H and O–H groups in total. The summed E-state index contributed by atoms with van der Waals surface area (Å²) < 4.78 is 19.0. The Balaban J connectivity index is 2.17. The second-order valence-electron chi connectivity index (χ2n) is 4.64. The second-order valence-corrected chi connectivity index (χ2v) is 5.49. The van der Waals surface area contributed by atoms with E-state index in [2.05, 4.69) is 15.9 Å². The fourth-order valence-corrected chi connectivity index (χ4v) is 2.40. The minimum Gasteiger partial charge on any atom is -0.497 e. The lowest BCUT2D eigenvalue weighted by Crippen LogP contribution is -2.26. The summed E-state index contributed by atoms with van der Waals surface area (Å²) >= 11 is 3.27. The van der Waals surface area contributed by atoms with Gasteiger partial charge in [-0.05, 0) is 51.8 Å². The highest BCUT2D eigenvalue weighted by atomic mass is 79.9. The molecular weight excluding hydrogens is 337 g/mol. The highest BCUT2D eigenvalue weighted by molar-refractivity contribution is 9.10. The molecule has 5 heteroatoms. The Hall–Kier alpha value is -1.88. The molecule has 0 radical (unpaired) electrons. The smallest absolute Gasteiger partial charge is 0.255 e. The van der Waals surface area contributed by atoms with Gasteiger partial charge in [0, 0.05) is 18.1 Å². The van der Waals surface area contributed by atoms with Gasteiger partial charge in [0.15, 0.2) is 0 Å². The van der Waals surface area contributed by atoms with Crippen molar-refractivity contribution in [1.29, 1.82) is 0 Å². The van der Waals surface area contributed by atoms with Crippen molar-refractivity contribution in [2.24, 2.45) is 0 Å². The van der Waals surface area contributed by atoms with Crippen LogP contribution in [-0.4, -0.2) is 25.0 Å². The number of amides is 1. The van der Waals surface area contributed by atoms with Gasteiger partial charge in [0.2, 0.25) is 0 Å². The lowest BCUT2D eigenvalue weighted by molar-refractivity contribution is 0.0783. The van der Waals surface area contributed by atoms with Crippen molar-refractivity contribution in [3.8, 4) is 5.75 Å². The number of nitrogens with zero attached hydrogens (tertiary/aromatic N) is 1. The lowest BCUT2D eigenvalue weighted by Gasteiger charge is -2.18. The van der Waals surface area contributed by atoms with Crippen molar-refractivity contribution in [1.82, 2.24) is 4.90 Å². The number of halogens is 2. The quantitative estimate of drug-likeness (QED) is 0.836. The number of ether oxygens (including phenoxy) is 1. The first kappa shape index (κ1) is 15.5. The van der Waals surface area contributed by atoms with E-state index in [9.17, 15) is 9.18 Å². The SMILES string of the molecule is COc1cccc(CN(C)C(=O)c2cc(F)ccc2Br)c1. The molecule has 1 amide bonds. The van der Waals surface area contributed by atoms with E-state index in [1.54, 1.807) is 14.2 Å². The first-order chi connectivity index (χ1) is 10.0. The van der Waals surface area contributed by atoms with Crippen LogP contribution >= 0.6 is 15.9 Å². The first-order valence-corrected chi connectivity index (χ1v) is 7.14. The standard InChI is InChI=1S/C16H15BrFNO2/c1-19(10-11-4-3-5-13(8-11)21-2)16(20)14-9-12(18)6-7-15(14)17/h3-9H,10H2,1-2H3. The largest absolute Gasteiger partial charge is 0.497 e. The van der Waals surface area contributed by atoms with Crippen LogP contribution in [0, 0.1) is 5.82 Å². The van der Waals surface area contributed by atoms with E-state index < -0.39 is 5.82 Å². The summed E-state index contributed by atoms with van der Waals surface area (Å²) in [6.07, 6.45) is 0. The van der Waals surface area contributed by atoms with E-state index in [1.807, 2.05) is 24.3 Å². The van der Waals surface area contributed by atoms with E-state index in [0.29, 0.717) is 16.6 Å². The molecule has 0 fully saturated rings. The summed E-state index contributed by atoms with van der Waals surface area (Å²) in [5.74, 6) is 0.0563. The van der Waals surface area contributed by atoms with Gasteiger partial charge in [-0.15, -0.1) is 0 Å². The predicted molar refractivity (Wildman–Crippen MR) is 82.9 cm³/mol. The molecule has 2 aromatic carbocycles. The number of hydrogen-bond acceptors (Lipinski definition) is 2. The Morgan fingerprint density at radius 3 is 2.76 bits per heavy atom. The Morgan fingerprint density at radius 1 is 1.29 bits per heavy atom. The Labute approximate surface area is 131 Å². The van der Waals surface area contributed by atoms with Crippen molar-refractivity contribution in [2.75, 3.05) is 14.2 Å². The van der Waals surface area contributed by atoms with E-state index in [0.717, 1.165) is 11.3 Å². The van der Waals surface area contributed by atoms with Crippen molar-refractivity contribution < 1.29 is 13.9 Å². The Kier molecular flexibility index (Phi) is 4.96. The van der Waals surface area contributed by atoms with Crippen molar-refractivity contribution >= 4 is 21.8 Å². The molecule has 0 aliphatic rings. The summed E-state index contributed by atoms with van der Waals surface area (Å²) in [6.45, 7) is 0.416. The molecule has 0 heterocycles. The molecule has 2 aromatic rings. The van der Waals surface area contributed by atoms with Crippen molar-refractivity contribution in [3.63, 3.8) is 0 Å². The van der Waals surface area contributed by atoms with E-state index >= 15 is 0 Å². The molecule has 3 nitrogen and oxygen atoms in total. The van der Waals surface area contributed by atoms with Crippen LogP contribution in [0.4, 0.5) is 4.39 Å². The van der Waals surface area contributed by atoms with E-state index in [4.69, 9.17) is 4.74 Å². The zero-order chi connectivity index (χ0) is 15.4. The molecule has 0 bridgehead atoms. The third-order valence-corrected chi connectivity index (χ3v) is 3.75. The summed E-state index contributed by atoms with van der Waals surface area (Å²) in [4.78, 5) is 13.9. The second kappa shape index (κ2) is 6.72. The van der Waals surface area contributed by atoms with Gasteiger partial charge in [0.25, 0.3) is 5.91 Å². The molecule has 0 aliphatic carbocycles. The Morgan fingerprint density at radius 2 is 2.05 bits per heavy atom. The van der Waals surface area contributed by atoms with Gasteiger partial charge in [-0.3, -0.25) is 4.79 Å². The highest BCUT2D eigenvalue weighted by Crippen LogP contribution is 2.21. The van der Waals surface area contributed by atoms with Crippen LogP contribution in [0.2, 0.25) is 0 Å². The van der Waals surface area contributed by atoms with E-state index in [-0.39, 0.29) is 5.91 Å². The summed E-state index contributed by atoms with van der Waals surface area (Å²) in [5.41, 5.74) is 1.25. The average molecular weight is 352 g/mol. The number of carbonyl (C=O) groups excluding carboxylic acids is 1. The normalized spacial score (nSPS) is 10.3. The van der Waals surface area contributed by atoms with Crippen LogP contribution in [0.1, 0.15) is 15.9 Å². The molecule has 0 aromatic heterocycles. The zero-order valence-corrected chi connectivity index (χ0v) is 13.4. The zero-order valence-electron chi connectivity index (χ0n) is 11.8. The minimum absolute atomic E-state index is 0.246. The monoisotopic (exact) mass is 351 g/mol. The molecule has 2 rings (SSSR count). The molecular formula is C16H15BrFNO2. The van der Waals surface area contributed by atoms with Crippen LogP contribution < -0.4 is 4.74 Å². The minimum atomic E-state index is -0.434. The molecule has 0 unspecified atom stereocenters. The van der Waals surface area contributed by atoms with Gasteiger partial charge in [-0.2, -0.15) is 0 Å². The van der Waals surface area contributed by atoms with E-state index in [1.165, 1.54) is 23.1 Å². The van der Waals surface area contributed by atoms with Crippen LogP contribution in [0.25, 0.3) is 0 Å². The van der Waals surface area contributed by atoms with Gasteiger partial charge in [-0.1, -0.05) is 12.1 Å². The van der Waals surface area contributed by atoms with Crippen LogP contribution in [0.3, 0.4) is 0 Å². The van der Waals surface area contributed by atoms with Crippen LogP contribution in [0.15, 0.2) is 46.9 Å². The number of carbonyl (C=O) groups is 1. The van der Waals surface area contributed by atoms with Crippen molar-refractivity contribution in [2.45, 2.75) is 6.54 Å². The third kappa shape index (κ3) is 3.82. The number of benzene rings is 2. The third-order valence-electron chi connectivity index (χ3n) is 3.06. The maximum Gasteiger partial charge on any atom is 0.255 e. The maximum absolute atomic E-state index is 13.3. The molecule has 0 aliphatic heterocycles. The van der Waals surface area contributed by atoms with Gasteiger partial charge in [-0.25, -0.2) is 4.39 Å². The average Bonchev–Trinajstić information content (AvgIpc) is 2.49. The predicted octanol–water partition coefficient (Wildman–Crippen LogP) is 3.87. The number of methoxy groups -OCH3 is 1. The number of rotatable bonds is 4. The lowest BCUT2D eigenvalue weighted by atomic mass is 10.1.